The first-order chi connectivity index (χ1) is 14.7. The Morgan fingerprint density at radius 2 is 2.07 bits per heavy atom. The Bertz CT molecular complexity index is 996. The van der Waals surface area contributed by atoms with E-state index < -0.39 is 6.10 Å². The molecule has 1 atom stereocenters. The maximum absolute atomic E-state index is 12.1. The van der Waals surface area contributed by atoms with Gasteiger partial charge in [-0.25, -0.2) is 4.98 Å². The highest BCUT2D eigenvalue weighted by Crippen LogP contribution is 2.38. The van der Waals surface area contributed by atoms with Gasteiger partial charge < -0.3 is 19.5 Å². The van der Waals surface area contributed by atoms with E-state index in [1.165, 1.54) is 0 Å². The molecule has 30 heavy (non-hydrogen) atoms. The van der Waals surface area contributed by atoms with Gasteiger partial charge in [0.1, 0.15) is 11.5 Å². The van der Waals surface area contributed by atoms with Gasteiger partial charge in [-0.3, -0.25) is 9.10 Å². The molecule has 0 saturated carbocycles. The van der Waals surface area contributed by atoms with Gasteiger partial charge in [-0.15, -0.1) is 11.3 Å². The lowest BCUT2D eigenvalue weighted by molar-refractivity contribution is -0.125. The number of hydrogen-bond donors (Lipinski definition) is 1. The summed E-state index contributed by atoms with van der Waals surface area (Å²) in [7, 11) is 3.20. The lowest BCUT2D eigenvalue weighted by Gasteiger charge is -2.26. The molecule has 0 spiro atoms. The highest BCUT2D eigenvalue weighted by atomic mass is 32.2. The van der Waals surface area contributed by atoms with E-state index >= 15 is 0 Å². The molecule has 3 aromatic rings. The van der Waals surface area contributed by atoms with Crippen LogP contribution in [-0.2, 0) is 16.1 Å². The number of carbonyl (C=O) groups excluding carboxylic acids is 1. The average Bonchev–Trinajstić information content (AvgIpc) is 3.30. The molecule has 0 saturated heterocycles. The molecule has 4 rings (SSSR count). The van der Waals surface area contributed by atoms with Crippen LogP contribution in [0, 0.1) is 0 Å². The normalized spacial score (nSPS) is 15.1. The van der Waals surface area contributed by atoms with E-state index in [0.717, 1.165) is 21.3 Å². The second-order valence-corrected chi connectivity index (χ2v) is 8.47. The minimum absolute atomic E-state index is 0.200. The van der Waals surface area contributed by atoms with Crippen LogP contribution in [0.25, 0.3) is 0 Å². The second-order valence-electron chi connectivity index (χ2n) is 6.50. The van der Waals surface area contributed by atoms with Crippen molar-refractivity contribution < 1.29 is 19.0 Å². The summed E-state index contributed by atoms with van der Waals surface area (Å²) >= 11 is 3.14. The molecule has 1 amide bonds. The number of hydrogen-bond acceptors (Lipinski definition) is 8. The molecule has 1 unspecified atom stereocenters. The molecule has 0 bridgehead atoms. The zero-order valence-electron chi connectivity index (χ0n) is 16.5. The topological polar surface area (TPSA) is 72.9 Å². The summed E-state index contributed by atoms with van der Waals surface area (Å²) in [6, 6.07) is 13.7. The fourth-order valence-corrected chi connectivity index (χ4v) is 4.61. The minimum atomic E-state index is -0.655. The number of thiazole rings is 1. The van der Waals surface area contributed by atoms with E-state index in [0.29, 0.717) is 18.0 Å². The maximum atomic E-state index is 12.1. The Labute approximate surface area is 183 Å². The number of ether oxygens (including phenoxy) is 3. The van der Waals surface area contributed by atoms with Gasteiger partial charge >= 0.3 is 0 Å². The summed E-state index contributed by atoms with van der Waals surface area (Å²) in [5, 5.41) is 5.72. The van der Waals surface area contributed by atoms with Crippen LogP contribution in [0.4, 0.5) is 10.8 Å². The van der Waals surface area contributed by atoms with Crippen molar-refractivity contribution in [2.45, 2.75) is 17.5 Å². The van der Waals surface area contributed by atoms with Gasteiger partial charge in [0.2, 0.25) is 6.10 Å². The largest absolute Gasteiger partial charge is 0.497 e. The number of nitrogens with one attached hydrogen (secondary N) is 1. The van der Waals surface area contributed by atoms with Gasteiger partial charge in [0.15, 0.2) is 5.13 Å². The molecule has 0 aliphatic carbocycles. The van der Waals surface area contributed by atoms with Gasteiger partial charge in [-0.1, -0.05) is 12.1 Å². The Balaban J connectivity index is 1.54. The first-order valence-electron chi connectivity index (χ1n) is 9.24. The van der Waals surface area contributed by atoms with Crippen molar-refractivity contribution in [3.8, 4) is 11.5 Å². The van der Waals surface area contributed by atoms with Gasteiger partial charge in [0.05, 0.1) is 25.9 Å². The van der Waals surface area contributed by atoms with Crippen molar-refractivity contribution in [3.05, 3.63) is 59.6 Å². The van der Waals surface area contributed by atoms with Crippen LogP contribution in [0.1, 0.15) is 5.56 Å². The van der Waals surface area contributed by atoms with Crippen LogP contribution in [-0.4, -0.2) is 37.8 Å². The number of benzene rings is 2. The molecule has 1 aromatic heterocycles. The molecule has 0 fully saturated rings. The number of rotatable bonds is 8. The summed E-state index contributed by atoms with van der Waals surface area (Å²) < 4.78 is 18.3. The van der Waals surface area contributed by atoms with Crippen LogP contribution in [0.15, 0.2) is 58.9 Å². The van der Waals surface area contributed by atoms with Crippen LogP contribution in [0.5, 0.6) is 11.5 Å². The van der Waals surface area contributed by atoms with Gasteiger partial charge in [-0.05, 0) is 47.8 Å². The Hall–Kier alpha value is -2.75. The van der Waals surface area contributed by atoms with Gasteiger partial charge in [-0.2, -0.15) is 0 Å². The lowest BCUT2D eigenvalue weighted by atomic mass is 10.2. The van der Waals surface area contributed by atoms with Crippen molar-refractivity contribution in [2.75, 3.05) is 30.4 Å². The number of nitrogens with zero attached hydrogens (tertiary/aromatic N) is 2. The number of fused-ring (bicyclic) bond motifs is 1. The highest BCUT2D eigenvalue weighted by molar-refractivity contribution is 8.00. The zero-order chi connectivity index (χ0) is 20.9. The van der Waals surface area contributed by atoms with E-state index in [1.54, 1.807) is 43.7 Å². The van der Waals surface area contributed by atoms with Crippen LogP contribution < -0.4 is 19.1 Å². The average molecular weight is 444 g/mol. The van der Waals surface area contributed by atoms with Crippen LogP contribution in [0.3, 0.4) is 0 Å². The van der Waals surface area contributed by atoms with Crippen LogP contribution in [0.2, 0.25) is 0 Å². The predicted octanol–water partition coefficient (Wildman–Crippen LogP) is 4.21. The molecular formula is C21H21N3O4S2. The molecule has 156 valence electrons. The third kappa shape index (κ3) is 4.69. The molecule has 1 aliphatic rings. The number of aromatic nitrogens is 1. The molecule has 2 aromatic carbocycles. The number of methoxy groups -OCH3 is 2. The van der Waals surface area contributed by atoms with E-state index in [2.05, 4.69) is 14.6 Å². The monoisotopic (exact) mass is 443 g/mol. The molecule has 1 aliphatic heterocycles. The second kappa shape index (κ2) is 9.38. The zero-order valence-corrected chi connectivity index (χ0v) is 18.2. The quantitative estimate of drug-likeness (QED) is 0.523. The lowest BCUT2D eigenvalue weighted by Crippen LogP contribution is -2.40. The first-order valence-corrected chi connectivity index (χ1v) is 10.9. The Morgan fingerprint density at radius 1 is 1.23 bits per heavy atom. The maximum Gasteiger partial charge on any atom is 0.267 e. The van der Waals surface area contributed by atoms with Crippen molar-refractivity contribution in [3.63, 3.8) is 0 Å². The third-order valence-electron chi connectivity index (χ3n) is 4.42. The Kier molecular flexibility index (Phi) is 6.41. The van der Waals surface area contributed by atoms with Gasteiger partial charge in [0, 0.05) is 23.6 Å². The summed E-state index contributed by atoms with van der Waals surface area (Å²) in [6.45, 7) is 0.870. The molecule has 9 heteroatoms. The number of carbonyl (C=O) groups is 1. The van der Waals surface area contributed by atoms with Crippen molar-refractivity contribution >= 4 is 40.0 Å². The predicted molar refractivity (Wildman–Crippen MR) is 119 cm³/mol. The smallest absolute Gasteiger partial charge is 0.267 e. The fraction of sp³-hybridized carbons (Fsp3) is 0.238. The summed E-state index contributed by atoms with van der Waals surface area (Å²) in [5.74, 6) is 1.26. The third-order valence-corrected chi connectivity index (χ3v) is 6.32. The number of anilines is 2. The van der Waals surface area contributed by atoms with E-state index in [-0.39, 0.29) is 12.5 Å². The fourth-order valence-electron chi connectivity index (χ4n) is 2.94. The van der Waals surface area contributed by atoms with Gasteiger partial charge in [0.25, 0.3) is 5.91 Å². The summed E-state index contributed by atoms with van der Waals surface area (Å²) in [4.78, 5) is 17.5. The van der Waals surface area contributed by atoms with E-state index in [1.807, 2.05) is 47.8 Å². The first kappa shape index (κ1) is 20.5. The summed E-state index contributed by atoms with van der Waals surface area (Å²) in [5.41, 5.74) is 1.80. The molecule has 1 N–H and O–H groups in total. The standard InChI is InChI=1S/C21H21N3O4S2/c1-26-13-19-20(25)23-17-8-7-16(11-18(17)28-19)30-24(21-22-9-10-29-21)12-14-3-5-15(27-2)6-4-14/h3-11,19H,12-13H2,1-2H3,(H,23,25). The number of amides is 1. The molecular weight excluding hydrogens is 422 g/mol. The van der Waals surface area contributed by atoms with Crippen molar-refractivity contribution in [2.24, 2.45) is 0 Å². The minimum Gasteiger partial charge on any atom is -0.497 e. The molecule has 7 nitrogen and oxygen atoms in total. The summed E-state index contributed by atoms with van der Waals surface area (Å²) in [6.07, 6.45) is 1.14. The van der Waals surface area contributed by atoms with E-state index in [4.69, 9.17) is 14.2 Å². The van der Waals surface area contributed by atoms with Crippen molar-refractivity contribution in [1.29, 1.82) is 0 Å². The molecule has 0 radical (unpaired) electrons. The Morgan fingerprint density at radius 3 is 2.77 bits per heavy atom. The highest BCUT2D eigenvalue weighted by Gasteiger charge is 2.28. The molecule has 2 heterocycles. The van der Waals surface area contributed by atoms with Crippen molar-refractivity contribution in [1.82, 2.24) is 4.98 Å². The van der Waals surface area contributed by atoms with E-state index in [9.17, 15) is 4.79 Å². The SMILES string of the molecule is COCC1Oc2cc(SN(Cc3ccc(OC)cc3)c3nccs3)ccc2NC1=O. The van der Waals surface area contributed by atoms with Crippen LogP contribution >= 0.6 is 23.3 Å².